The normalized spacial score (nSPS) is 9.31. The lowest BCUT2D eigenvalue weighted by Crippen LogP contribution is -2.10. The third kappa shape index (κ3) is 3.13. The van der Waals surface area contributed by atoms with Crippen molar-refractivity contribution in [2.75, 3.05) is 0 Å². The fourth-order valence-corrected chi connectivity index (χ4v) is 0.900. The van der Waals surface area contributed by atoms with Crippen molar-refractivity contribution < 1.29 is 24.2 Å². The lowest BCUT2D eigenvalue weighted by atomic mass is 10.3. The maximum Gasteiger partial charge on any atom is 0.511 e. The summed E-state index contributed by atoms with van der Waals surface area (Å²) in [6, 6.07) is 5.97. The molecule has 0 saturated carbocycles. The zero-order valence-electron chi connectivity index (χ0n) is 8.60. The van der Waals surface area contributed by atoms with Gasteiger partial charge in [0.05, 0.1) is 0 Å². The van der Waals surface area contributed by atoms with E-state index in [4.69, 9.17) is 9.84 Å². The Morgan fingerprint density at radius 3 is 2.12 bits per heavy atom. The Morgan fingerprint density at radius 1 is 1.19 bits per heavy atom. The van der Waals surface area contributed by atoms with E-state index in [1.54, 1.807) is 12.1 Å². The summed E-state index contributed by atoms with van der Waals surface area (Å²) in [5.74, 6) is -0.635. The number of carbonyl (C=O) groups is 2. The van der Waals surface area contributed by atoms with Crippen LogP contribution in [0.15, 0.2) is 36.4 Å². The molecule has 5 heteroatoms. The molecule has 0 aliphatic heterocycles. The van der Waals surface area contributed by atoms with E-state index in [0.717, 1.165) is 0 Å². The van der Waals surface area contributed by atoms with Gasteiger partial charge in [-0.05, 0) is 19.1 Å². The summed E-state index contributed by atoms with van der Waals surface area (Å²) in [4.78, 5) is 21.6. The smallest absolute Gasteiger partial charge is 0.449 e. The van der Waals surface area contributed by atoms with Gasteiger partial charge in [-0.15, -0.1) is 0 Å². The summed E-state index contributed by atoms with van der Waals surface area (Å²) in [6.45, 7) is 4.90. The third-order valence-corrected chi connectivity index (χ3v) is 1.60. The van der Waals surface area contributed by atoms with Crippen LogP contribution < -0.4 is 9.47 Å². The fraction of sp³-hybridized carbons (Fsp3) is 0.0909. The molecule has 0 amide bonds. The van der Waals surface area contributed by atoms with Crippen molar-refractivity contribution in [1.29, 1.82) is 0 Å². The topological polar surface area (TPSA) is 72.8 Å². The monoisotopic (exact) mass is 222 g/mol. The van der Waals surface area contributed by atoms with Gasteiger partial charge in [-0.1, -0.05) is 18.7 Å². The molecule has 0 atom stereocenters. The van der Waals surface area contributed by atoms with E-state index >= 15 is 0 Å². The summed E-state index contributed by atoms with van der Waals surface area (Å²) in [5, 5.41) is 8.45. The van der Waals surface area contributed by atoms with Crippen LogP contribution in [0, 0.1) is 0 Å². The van der Waals surface area contributed by atoms with Gasteiger partial charge in [0.2, 0.25) is 0 Å². The Bertz CT molecular complexity index is 436. The minimum absolute atomic E-state index is 0.0374. The first-order chi connectivity index (χ1) is 7.50. The number of esters is 1. The lowest BCUT2D eigenvalue weighted by molar-refractivity contribution is -0.130. The number of hydrogen-bond donors (Lipinski definition) is 1. The molecule has 5 nitrogen and oxygen atoms in total. The molecule has 1 aromatic rings. The molecule has 0 aliphatic rings. The summed E-state index contributed by atoms with van der Waals surface area (Å²) in [5.41, 5.74) is 0.213. The number of rotatable bonds is 3. The highest BCUT2D eigenvalue weighted by Gasteiger charge is 2.12. The van der Waals surface area contributed by atoms with Crippen molar-refractivity contribution in [3.8, 4) is 11.5 Å². The second-order valence-corrected chi connectivity index (χ2v) is 2.98. The molecule has 0 saturated heterocycles. The van der Waals surface area contributed by atoms with Gasteiger partial charge >= 0.3 is 12.1 Å². The highest BCUT2D eigenvalue weighted by atomic mass is 16.7. The molecule has 0 unspecified atom stereocenters. The Labute approximate surface area is 91.9 Å². The maximum atomic E-state index is 11.2. The first-order valence-corrected chi connectivity index (χ1v) is 4.38. The third-order valence-electron chi connectivity index (χ3n) is 1.60. The molecular formula is C11H10O5. The van der Waals surface area contributed by atoms with E-state index in [9.17, 15) is 9.59 Å². The fourth-order valence-electron chi connectivity index (χ4n) is 0.900. The molecule has 0 aliphatic carbocycles. The molecule has 1 rings (SSSR count). The standard InChI is InChI=1S/C11H10O5/c1-7(2)10(12)15-8-5-3-4-6-9(8)16-11(13)14/h3-6H,1H2,2H3,(H,13,14). The number of carboxylic acid groups (broad SMARTS) is 1. The quantitative estimate of drug-likeness (QED) is 0.367. The van der Waals surface area contributed by atoms with Crippen molar-refractivity contribution >= 4 is 12.1 Å². The number of para-hydroxylation sites is 2. The minimum Gasteiger partial charge on any atom is -0.449 e. The van der Waals surface area contributed by atoms with Gasteiger partial charge < -0.3 is 14.6 Å². The second-order valence-electron chi connectivity index (χ2n) is 2.98. The summed E-state index contributed by atoms with van der Waals surface area (Å²) >= 11 is 0. The zero-order chi connectivity index (χ0) is 12.1. The van der Waals surface area contributed by atoms with Gasteiger partial charge in [0.1, 0.15) is 0 Å². The Balaban J connectivity index is 2.90. The van der Waals surface area contributed by atoms with Crippen LogP contribution in [-0.4, -0.2) is 17.2 Å². The van der Waals surface area contributed by atoms with Crippen LogP contribution in [0.3, 0.4) is 0 Å². The van der Waals surface area contributed by atoms with E-state index in [0.29, 0.717) is 0 Å². The average molecular weight is 222 g/mol. The second kappa shape index (κ2) is 4.97. The van der Waals surface area contributed by atoms with E-state index in [2.05, 4.69) is 11.3 Å². The average Bonchev–Trinajstić information content (AvgIpc) is 2.20. The summed E-state index contributed by atoms with van der Waals surface area (Å²) < 4.78 is 9.32. The van der Waals surface area contributed by atoms with Gasteiger partial charge in [-0.2, -0.15) is 0 Å². The molecule has 0 bridgehead atoms. The van der Waals surface area contributed by atoms with Crippen LogP contribution in [0.4, 0.5) is 4.79 Å². The predicted octanol–water partition coefficient (Wildman–Crippen LogP) is 2.22. The van der Waals surface area contributed by atoms with Gasteiger partial charge in [-0.3, -0.25) is 0 Å². The molecule has 0 aromatic heterocycles. The van der Waals surface area contributed by atoms with Crippen LogP contribution in [-0.2, 0) is 4.79 Å². The molecule has 1 aromatic carbocycles. The summed E-state index contributed by atoms with van der Waals surface area (Å²) in [7, 11) is 0. The molecule has 0 heterocycles. The number of benzene rings is 1. The highest BCUT2D eigenvalue weighted by Crippen LogP contribution is 2.27. The minimum atomic E-state index is -1.47. The lowest BCUT2D eigenvalue weighted by Gasteiger charge is -2.07. The van der Waals surface area contributed by atoms with Crippen LogP contribution in [0.25, 0.3) is 0 Å². The molecule has 1 N–H and O–H groups in total. The largest absolute Gasteiger partial charge is 0.511 e. The van der Waals surface area contributed by atoms with E-state index in [-0.39, 0.29) is 17.1 Å². The van der Waals surface area contributed by atoms with Gasteiger partial charge in [0, 0.05) is 5.57 Å². The van der Waals surface area contributed by atoms with Gasteiger partial charge in [0.15, 0.2) is 11.5 Å². The SMILES string of the molecule is C=C(C)C(=O)Oc1ccccc1OC(=O)O. The summed E-state index contributed by atoms with van der Waals surface area (Å²) in [6.07, 6.45) is -1.47. The van der Waals surface area contributed by atoms with Gasteiger partial charge in [0.25, 0.3) is 0 Å². The first kappa shape index (κ1) is 11.8. The number of hydrogen-bond acceptors (Lipinski definition) is 4. The molecule has 84 valence electrons. The Hall–Kier alpha value is -2.30. The van der Waals surface area contributed by atoms with Crippen LogP contribution in [0.1, 0.15) is 6.92 Å². The molecule has 0 fully saturated rings. The highest BCUT2D eigenvalue weighted by molar-refractivity contribution is 5.89. The van der Waals surface area contributed by atoms with Crippen molar-refractivity contribution in [3.63, 3.8) is 0 Å². The zero-order valence-corrected chi connectivity index (χ0v) is 8.60. The van der Waals surface area contributed by atoms with Crippen LogP contribution in [0.5, 0.6) is 11.5 Å². The predicted molar refractivity (Wildman–Crippen MR) is 55.5 cm³/mol. The van der Waals surface area contributed by atoms with Crippen LogP contribution >= 0.6 is 0 Å². The van der Waals surface area contributed by atoms with Crippen molar-refractivity contribution in [2.24, 2.45) is 0 Å². The molecule has 0 radical (unpaired) electrons. The maximum absolute atomic E-state index is 11.2. The molecular weight excluding hydrogens is 212 g/mol. The van der Waals surface area contributed by atoms with E-state index < -0.39 is 12.1 Å². The number of carbonyl (C=O) groups excluding carboxylic acids is 1. The van der Waals surface area contributed by atoms with Crippen LogP contribution in [0.2, 0.25) is 0 Å². The van der Waals surface area contributed by atoms with E-state index in [1.165, 1.54) is 19.1 Å². The van der Waals surface area contributed by atoms with E-state index in [1.807, 2.05) is 0 Å². The Morgan fingerprint density at radius 2 is 1.69 bits per heavy atom. The van der Waals surface area contributed by atoms with Gasteiger partial charge in [-0.25, -0.2) is 9.59 Å². The van der Waals surface area contributed by atoms with Crippen molar-refractivity contribution in [1.82, 2.24) is 0 Å². The number of ether oxygens (including phenoxy) is 2. The molecule has 0 spiro atoms. The molecule has 16 heavy (non-hydrogen) atoms. The van der Waals surface area contributed by atoms with Crippen molar-refractivity contribution in [2.45, 2.75) is 6.92 Å². The Kier molecular flexibility index (Phi) is 3.66. The first-order valence-electron chi connectivity index (χ1n) is 4.38. The van der Waals surface area contributed by atoms with Crippen molar-refractivity contribution in [3.05, 3.63) is 36.4 Å².